The molecule has 6 rings (SSSR count). The van der Waals surface area contributed by atoms with Crippen LogP contribution in [0.25, 0.3) is 15.5 Å². The van der Waals surface area contributed by atoms with E-state index in [4.69, 9.17) is 0 Å². The number of aromatic nitrogens is 1. The van der Waals surface area contributed by atoms with Gasteiger partial charge in [0.15, 0.2) is 0 Å². The second-order valence-corrected chi connectivity index (χ2v) is 10.8. The molecule has 0 aliphatic carbocycles. The fourth-order valence-electron chi connectivity index (χ4n) is 4.65. The zero-order valence-corrected chi connectivity index (χ0v) is 18.2. The Kier molecular flexibility index (Phi) is 4.15. The molecule has 7 heteroatoms. The first kappa shape index (κ1) is 17.8. The molecule has 0 radical (unpaired) electrons. The standard InChI is InChI=1S/C22H23N4OPS/c1-14-23-18-10-15(2-4-20(18)29-14)19-11-21(27)26-13-16(3-5-22(26)28-19)25-9-8-24-7-6-17(24)12-25/h2-5,10-11,13,17,22,28H,6-9,12H2,1H3. The van der Waals surface area contributed by atoms with Gasteiger partial charge in [-0.25, -0.2) is 4.98 Å². The second-order valence-electron chi connectivity index (χ2n) is 8.15. The van der Waals surface area contributed by atoms with E-state index in [0.29, 0.717) is 14.6 Å². The number of allylic oxidation sites excluding steroid dienone is 1. The van der Waals surface area contributed by atoms with Crippen LogP contribution in [0, 0.1) is 6.92 Å². The van der Waals surface area contributed by atoms with Gasteiger partial charge >= 0.3 is 0 Å². The Morgan fingerprint density at radius 1 is 1.24 bits per heavy atom. The molecule has 3 atom stereocenters. The van der Waals surface area contributed by atoms with E-state index >= 15 is 0 Å². The smallest absolute Gasteiger partial charge is 0.252 e. The summed E-state index contributed by atoms with van der Waals surface area (Å²) in [5, 5.41) is 2.21. The highest BCUT2D eigenvalue weighted by molar-refractivity contribution is 7.51. The predicted octanol–water partition coefficient (Wildman–Crippen LogP) is 3.59. The summed E-state index contributed by atoms with van der Waals surface area (Å²) in [6, 6.07) is 7.09. The summed E-state index contributed by atoms with van der Waals surface area (Å²) < 4.78 is 1.20. The van der Waals surface area contributed by atoms with Gasteiger partial charge in [0, 0.05) is 44.5 Å². The lowest BCUT2D eigenvalue weighted by atomic mass is 9.99. The molecule has 0 spiro atoms. The van der Waals surface area contributed by atoms with Gasteiger partial charge in [0.05, 0.1) is 26.7 Å². The third kappa shape index (κ3) is 3.05. The van der Waals surface area contributed by atoms with Crippen LogP contribution in [0.1, 0.15) is 17.0 Å². The first-order chi connectivity index (χ1) is 14.1. The van der Waals surface area contributed by atoms with Crippen molar-refractivity contribution in [1.82, 2.24) is 19.7 Å². The SMILES string of the molecule is Cc1nc2cc(C3=CC(=O)N4C=C(N5CCN6CCC6C5)C=CC4P3)ccc2s1. The first-order valence-electron chi connectivity index (χ1n) is 10.2. The molecule has 4 aliphatic heterocycles. The number of aryl methyl sites for hydroxylation is 1. The molecule has 0 saturated carbocycles. The zero-order valence-electron chi connectivity index (χ0n) is 16.3. The molecule has 4 aliphatic rings. The van der Waals surface area contributed by atoms with Gasteiger partial charge < -0.3 is 9.80 Å². The third-order valence-electron chi connectivity index (χ3n) is 6.37. The van der Waals surface area contributed by atoms with Crippen LogP contribution < -0.4 is 0 Å². The van der Waals surface area contributed by atoms with Gasteiger partial charge in [-0.1, -0.05) is 20.7 Å². The molecular formula is C22H23N4OPS. The maximum atomic E-state index is 13.0. The van der Waals surface area contributed by atoms with Gasteiger partial charge in [-0.3, -0.25) is 9.69 Å². The maximum absolute atomic E-state index is 13.0. The molecule has 0 bridgehead atoms. The molecule has 29 heavy (non-hydrogen) atoms. The van der Waals surface area contributed by atoms with E-state index in [9.17, 15) is 4.79 Å². The average Bonchev–Trinajstić information content (AvgIpc) is 3.08. The third-order valence-corrected chi connectivity index (χ3v) is 8.83. The lowest BCUT2D eigenvalue weighted by molar-refractivity contribution is -0.123. The number of hydrogen-bond acceptors (Lipinski definition) is 5. The van der Waals surface area contributed by atoms with Crippen LogP contribution in [0.15, 0.2) is 48.3 Å². The van der Waals surface area contributed by atoms with E-state index in [1.807, 2.05) is 17.9 Å². The normalized spacial score (nSPS) is 27.6. The van der Waals surface area contributed by atoms with Gasteiger partial charge in [0.1, 0.15) is 0 Å². The van der Waals surface area contributed by atoms with Gasteiger partial charge in [-0.2, -0.15) is 0 Å². The summed E-state index contributed by atoms with van der Waals surface area (Å²) >= 11 is 1.71. The number of fused-ring (bicyclic) bond motifs is 3. The van der Waals surface area contributed by atoms with E-state index in [-0.39, 0.29) is 11.7 Å². The van der Waals surface area contributed by atoms with Gasteiger partial charge in [0.2, 0.25) is 0 Å². The van der Waals surface area contributed by atoms with Crippen molar-refractivity contribution >= 4 is 41.4 Å². The Hall–Kier alpha value is -2.01. The zero-order chi connectivity index (χ0) is 19.5. The molecule has 1 aromatic carbocycles. The van der Waals surface area contributed by atoms with E-state index in [2.05, 4.69) is 51.3 Å². The molecule has 0 N–H and O–H groups in total. The minimum Gasteiger partial charge on any atom is -0.368 e. The van der Waals surface area contributed by atoms with Gasteiger partial charge in [0.25, 0.3) is 5.91 Å². The molecule has 5 heterocycles. The summed E-state index contributed by atoms with van der Waals surface area (Å²) in [5.41, 5.74) is 3.34. The summed E-state index contributed by atoms with van der Waals surface area (Å²) in [6.07, 6.45) is 9.65. The van der Waals surface area contributed by atoms with Crippen molar-refractivity contribution in [3.05, 3.63) is 58.9 Å². The Balaban J connectivity index is 1.25. The van der Waals surface area contributed by atoms with Crippen LogP contribution in [0.3, 0.4) is 0 Å². The molecule has 2 aromatic rings. The number of rotatable bonds is 2. The van der Waals surface area contributed by atoms with Gasteiger partial charge in [-0.15, -0.1) is 11.3 Å². The largest absolute Gasteiger partial charge is 0.368 e. The maximum Gasteiger partial charge on any atom is 0.252 e. The second kappa shape index (κ2) is 6.76. The van der Waals surface area contributed by atoms with E-state index in [1.165, 1.54) is 23.4 Å². The van der Waals surface area contributed by atoms with Crippen LogP contribution in [0.4, 0.5) is 0 Å². The number of carbonyl (C=O) groups is 1. The topological polar surface area (TPSA) is 39.7 Å². The highest BCUT2D eigenvalue weighted by Gasteiger charge is 2.35. The van der Waals surface area contributed by atoms with Crippen LogP contribution >= 0.6 is 19.9 Å². The quantitative estimate of drug-likeness (QED) is 0.694. The van der Waals surface area contributed by atoms with E-state index in [1.54, 1.807) is 11.3 Å². The van der Waals surface area contributed by atoms with Crippen LogP contribution in [-0.2, 0) is 4.79 Å². The fourth-order valence-corrected chi connectivity index (χ4v) is 6.84. The summed E-state index contributed by atoms with van der Waals surface area (Å²) in [6.45, 7) is 6.56. The minimum atomic E-state index is 0.0856. The van der Waals surface area contributed by atoms with Crippen molar-refractivity contribution < 1.29 is 4.79 Å². The van der Waals surface area contributed by atoms with Crippen LogP contribution in [0.2, 0.25) is 0 Å². The Morgan fingerprint density at radius 3 is 3.00 bits per heavy atom. The number of amides is 1. The highest BCUT2D eigenvalue weighted by Crippen LogP contribution is 2.45. The summed E-state index contributed by atoms with van der Waals surface area (Å²) in [4.78, 5) is 24.5. The fraction of sp³-hybridized carbons (Fsp3) is 0.364. The molecule has 2 fully saturated rings. The van der Waals surface area contributed by atoms with Gasteiger partial charge in [-0.05, 0) is 42.4 Å². The molecular weight excluding hydrogens is 399 g/mol. The minimum absolute atomic E-state index is 0.0856. The molecule has 5 nitrogen and oxygen atoms in total. The summed E-state index contributed by atoms with van der Waals surface area (Å²) in [5.74, 6) is 0.214. The number of benzene rings is 1. The van der Waals surface area contributed by atoms with E-state index in [0.717, 1.165) is 41.0 Å². The molecule has 148 valence electrons. The number of nitrogens with zero attached hydrogens (tertiary/aromatic N) is 4. The summed E-state index contributed by atoms with van der Waals surface area (Å²) in [7, 11) is 0.548. The number of hydrogen-bond donors (Lipinski definition) is 0. The molecule has 1 aromatic heterocycles. The Bertz CT molecular complexity index is 1100. The monoisotopic (exact) mass is 422 g/mol. The highest BCUT2D eigenvalue weighted by atomic mass is 32.1. The number of carbonyl (C=O) groups excluding carboxylic acids is 1. The number of piperazine rings is 1. The lowest BCUT2D eigenvalue weighted by Gasteiger charge is -2.50. The first-order valence-corrected chi connectivity index (χ1v) is 12.1. The Morgan fingerprint density at radius 2 is 2.17 bits per heavy atom. The lowest BCUT2D eigenvalue weighted by Crippen LogP contribution is -2.60. The average molecular weight is 422 g/mol. The molecule has 3 unspecified atom stereocenters. The number of thiazole rings is 1. The van der Waals surface area contributed by atoms with Crippen molar-refractivity contribution in [1.29, 1.82) is 0 Å². The molecule has 1 amide bonds. The van der Waals surface area contributed by atoms with Crippen molar-refractivity contribution in [3.8, 4) is 0 Å². The van der Waals surface area contributed by atoms with Crippen molar-refractivity contribution in [2.24, 2.45) is 0 Å². The predicted molar refractivity (Wildman–Crippen MR) is 120 cm³/mol. The van der Waals surface area contributed by atoms with E-state index < -0.39 is 0 Å². The van der Waals surface area contributed by atoms with Crippen molar-refractivity contribution in [2.45, 2.75) is 25.2 Å². The molecule has 2 saturated heterocycles. The van der Waals surface area contributed by atoms with Crippen molar-refractivity contribution in [3.63, 3.8) is 0 Å². The van der Waals surface area contributed by atoms with Crippen molar-refractivity contribution in [2.75, 3.05) is 26.2 Å². The Labute approximate surface area is 176 Å². The van der Waals surface area contributed by atoms with Crippen LogP contribution in [0.5, 0.6) is 0 Å². The van der Waals surface area contributed by atoms with Crippen LogP contribution in [-0.4, -0.2) is 63.6 Å².